The maximum absolute atomic E-state index is 10.6. The van der Waals surface area contributed by atoms with Crippen LogP contribution < -0.4 is 15.8 Å². The first kappa shape index (κ1) is 33.3. The van der Waals surface area contributed by atoms with Crippen LogP contribution in [0.15, 0.2) is 24.3 Å². The maximum Gasteiger partial charge on any atom is 0.202 e. The quantitative estimate of drug-likeness (QED) is 0.197. The van der Waals surface area contributed by atoms with E-state index in [1.807, 2.05) is 0 Å². The molecule has 35 heavy (non-hydrogen) atoms. The maximum atomic E-state index is 10.6. The van der Waals surface area contributed by atoms with Gasteiger partial charge in [0.25, 0.3) is 0 Å². The van der Waals surface area contributed by atoms with Crippen molar-refractivity contribution in [1.82, 2.24) is 5.32 Å². The Morgan fingerprint density at radius 1 is 0.971 bits per heavy atom. The van der Waals surface area contributed by atoms with Gasteiger partial charge >= 0.3 is 0 Å². The summed E-state index contributed by atoms with van der Waals surface area (Å²) < 4.78 is 16.4. The highest BCUT2D eigenvalue weighted by atomic mass is 16.7. The van der Waals surface area contributed by atoms with Gasteiger partial charge in [-0.1, -0.05) is 12.1 Å². The van der Waals surface area contributed by atoms with Crippen LogP contribution in [-0.2, 0) is 14.3 Å². The van der Waals surface area contributed by atoms with E-state index in [9.17, 15) is 15.0 Å². The molecule has 7 atom stereocenters. The van der Waals surface area contributed by atoms with Gasteiger partial charge in [0.1, 0.15) is 18.3 Å². The highest BCUT2D eigenvalue weighted by Crippen LogP contribution is 2.24. The standard InChI is InChI=1S/C14H19NO5.C7H15NO3.2CH4O/c15-13(8-17)9-1-3-11(4-2-9)19-14-6-10(18)5-12(7-16)20-14;1-8-7-3-5(10)2-6(4-9)11-7;2*1-2/h1-4,8,10,12-14,16,18H,5-7,15H2;5-10H,2-4H2,1H3;2*2H,1H3/t10-,12?,13?,14+;5-,6?,7+;;/m00../s1. The van der Waals surface area contributed by atoms with Gasteiger partial charge in [-0.25, -0.2) is 0 Å². The van der Waals surface area contributed by atoms with Crippen molar-refractivity contribution < 1.29 is 49.6 Å². The Kier molecular flexibility index (Phi) is 18.5. The number of aliphatic hydroxyl groups excluding tert-OH is 6. The second-order valence-electron chi connectivity index (χ2n) is 7.69. The van der Waals surface area contributed by atoms with Crippen LogP contribution in [0.4, 0.5) is 0 Å². The van der Waals surface area contributed by atoms with Crippen molar-refractivity contribution >= 4 is 6.29 Å². The molecule has 2 aliphatic rings. The zero-order chi connectivity index (χ0) is 26.8. The fourth-order valence-corrected chi connectivity index (χ4v) is 3.43. The first-order chi connectivity index (χ1) is 16.9. The van der Waals surface area contributed by atoms with Gasteiger partial charge < -0.3 is 55.4 Å². The van der Waals surface area contributed by atoms with Crippen molar-refractivity contribution in [3.63, 3.8) is 0 Å². The number of rotatable bonds is 7. The Morgan fingerprint density at radius 2 is 1.49 bits per heavy atom. The van der Waals surface area contributed by atoms with E-state index in [0.717, 1.165) is 14.2 Å². The van der Waals surface area contributed by atoms with Gasteiger partial charge in [-0.15, -0.1) is 0 Å². The van der Waals surface area contributed by atoms with Crippen LogP contribution in [0.2, 0.25) is 0 Å². The number of nitrogens with two attached hydrogens (primary N) is 1. The summed E-state index contributed by atoms with van der Waals surface area (Å²) in [5, 5.41) is 53.7. The van der Waals surface area contributed by atoms with E-state index in [4.69, 9.17) is 40.4 Å². The molecule has 0 radical (unpaired) electrons. The lowest BCUT2D eigenvalue weighted by Gasteiger charge is -2.32. The fourth-order valence-electron chi connectivity index (χ4n) is 3.43. The monoisotopic (exact) mass is 506 g/mol. The molecule has 0 amide bonds. The second kappa shape index (κ2) is 19.5. The minimum absolute atomic E-state index is 0.0186. The molecule has 2 heterocycles. The molecule has 0 saturated carbocycles. The van der Waals surface area contributed by atoms with Gasteiger partial charge in [0.2, 0.25) is 6.29 Å². The lowest BCUT2D eigenvalue weighted by Crippen LogP contribution is -2.43. The van der Waals surface area contributed by atoms with Crippen molar-refractivity contribution in [3.05, 3.63) is 29.8 Å². The Hall–Kier alpha value is -1.71. The van der Waals surface area contributed by atoms with Crippen molar-refractivity contribution in [3.8, 4) is 5.75 Å². The normalized spacial score (nSPS) is 28.5. The van der Waals surface area contributed by atoms with E-state index in [-0.39, 0.29) is 31.6 Å². The van der Waals surface area contributed by atoms with Gasteiger partial charge in [0, 0.05) is 39.9 Å². The number of hydrogen-bond acceptors (Lipinski definition) is 12. The average Bonchev–Trinajstić information content (AvgIpc) is 2.90. The molecule has 1 aromatic carbocycles. The molecule has 3 rings (SSSR count). The summed E-state index contributed by atoms with van der Waals surface area (Å²) >= 11 is 0. The van der Waals surface area contributed by atoms with Crippen LogP contribution in [-0.4, -0.2) is 108 Å². The Morgan fingerprint density at radius 3 is 1.97 bits per heavy atom. The molecule has 0 aromatic heterocycles. The molecule has 0 spiro atoms. The number of hydrogen-bond donors (Lipinski definition) is 8. The number of aliphatic hydroxyl groups is 6. The predicted octanol–water partition coefficient (Wildman–Crippen LogP) is -1.60. The number of carbonyl (C=O) groups is 1. The number of aldehydes is 1. The lowest BCUT2D eigenvalue weighted by atomic mass is 10.1. The lowest BCUT2D eigenvalue weighted by molar-refractivity contribution is -0.184. The second-order valence-corrected chi connectivity index (χ2v) is 7.69. The van der Waals surface area contributed by atoms with Crippen molar-refractivity contribution in [2.24, 2.45) is 5.73 Å². The zero-order valence-electron chi connectivity index (χ0n) is 20.6. The Labute approximate surface area is 206 Å². The first-order valence-electron chi connectivity index (χ1n) is 11.3. The third-order valence-electron chi connectivity index (χ3n) is 5.13. The number of carbonyl (C=O) groups excluding carboxylic acids is 1. The Balaban J connectivity index is 0.000000652. The van der Waals surface area contributed by atoms with Crippen LogP contribution in [0.5, 0.6) is 5.75 Å². The van der Waals surface area contributed by atoms with Gasteiger partial charge in [-0.3, -0.25) is 5.32 Å². The van der Waals surface area contributed by atoms with Crippen molar-refractivity contribution in [2.45, 2.75) is 68.7 Å². The topological polar surface area (TPSA) is 204 Å². The van der Waals surface area contributed by atoms with Crippen LogP contribution in [0.1, 0.15) is 37.3 Å². The fraction of sp³-hybridized carbons (Fsp3) is 0.696. The minimum atomic E-state index is -0.643. The molecule has 1 aromatic rings. The molecule has 0 aliphatic carbocycles. The van der Waals surface area contributed by atoms with E-state index < -0.39 is 24.5 Å². The molecule has 9 N–H and O–H groups in total. The SMILES string of the molecule is CN[C@H]1C[C@@H](O)CC(CO)O1.CO.CO.NC(C=O)c1ccc(O[C@H]2C[C@@H](O)CC(CO)O2)cc1. The molecule has 12 heteroatoms. The van der Waals surface area contributed by atoms with E-state index in [1.54, 1.807) is 31.3 Å². The zero-order valence-corrected chi connectivity index (χ0v) is 20.6. The van der Waals surface area contributed by atoms with Crippen molar-refractivity contribution in [2.75, 3.05) is 34.5 Å². The number of ether oxygens (including phenoxy) is 3. The van der Waals surface area contributed by atoms with Gasteiger partial charge in [0.15, 0.2) is 0 Å². The van der Waals surface area contributed by atoms with Crippen LogP contribution in [0, 0.1) is 0 Å². The summed E-state index contributed by atoms with van der Waals surface area (Å²) in [6.45, 7) is -0.167. The smallest absolute Gasteiger partial charge is 0.202 e. The highest BCUT2D eigenvalue weighted by molar-refractivity contribution is 5.61. The van der Waals surface area contributed by atoms with E-state index in [1.165, 1.54) is 0 Å². The van der Waals surface area contributed by atoms with E-state index >= 15 is 0 Å². The van der Waals surface area contributed by atoms with Gasteiger partial charge in [-0.05, 0) is 24.7 Å². The summed E-state index contributed by atoms with van der Waals surface area (Å²) in [6.07, 6.45) is 0.340. The van der Waals surface area contributed by atoms with E-state index in [2.05, 4.69) is 5.32 Å². The summed E-state index contributed by atoms with van der Waals surface area (Å²) in [4.78, 5) is 10.6. The molecule has 3 unspecified atom stereocenters. The van der Waals surface area contributed by atoms with Crippen LogP contribution in [0.3, 0.4) is 0 Å². The first-order valence-corrected chi connectivity index (χ1v) is 11.3. The summed E-state index contributed by atoms with van der Waals surface area (Å²) in [5.41, 5.74) is 6.29. The average molecular weight is 507 g/mol. The van der Waals surface area contributed by atoms with Crippen LogP contribution >= 0.6 is 0 Å². The molecule has 2 fully saturated rings. The molecule has 12 nitrogen and oxygen atoms in total. The van der Waals surface area contributed by atoms with Gasteiger partial charge in [-0.2, -0.15) is 0 Å². The number of benzene rings is 1. The molecular weight excluding hydrogens is 464 g/mol. The summed E-state index contributed by atoms with van der Waals surface area (Å²) in [7, 11) is 3.77. The van der Waals surface area contributed by atoms with Crippen molar-refractivity contribution in [1.29, 1.82) is 0 Å². The molecule has 204 valence electrons. The van der Waals surface area contributed by atoms with E-state index in [0.29, 0.717) is 43.3 Å². The summed E-state index contributed by atoms with van der Waals surface area (Å²) in [5.74, 6) is 0.558. The predicted molar refractivity (Wildman–Crippen MR) is 127 cm³/mol. The van der Waals surface area contributed by atoms with Crippen LogP contribution in [0.25, 0.3) is 0 Å². The molecule has 2 aliphatic heterocycles. The highest BCUT2D eigenvalue weighted by Gasteiger charge is 2.29. The minimum Gasteiger partial charge on any atom is -0.465 e. The largest absolute Gasteiger partial charge is 0.465 e. The Bertz CT molecular complexity index is 640. The molecule has 2 saturated heterocycles. The molecule has 0 bridgehead atoms. The molecular formula is C23H42N2O10. The van der Waals surface area contributed by atoms with Gasteiger partial charge in [0.05, 0.1) is 43.7 Å². The number of nitrogens with one attached hydrogen (secondary N) is 1. The third kappa shape index (κ3) is 12.7. The third-order valence-corrected chi connectivity index (χ3v) is 5.13. The summed E-state index contributed by atoms with van der Waals surface area (Å²) in [6, 6.07) is 6.15.